The van der Waals surface area contributed by atoms with Crippen LogP contribution in [0.25, 0.3) is 0 Å². The van der Waals surface area contributed by atoms with E-state index in [1.165, 1.54) is 0 Å². The Kier molecular flexibility index (Phi) is 2.85. The number of hydrogen-bond donors (Lipinski definition) is 0. The highest BCUT2D eigenvalue weighted by molar-refractivity contribution is 7.91. The lowest BCUT2D eigenvalue weighted by Crippen LogP contribution is -2.23. The Morgan fingerprint density at radius 3 is 2.33 bits per heavy atom. The maximum atomic E-state index is 10.9. The van der Waals surface area contributed by atoms with Crippen molar-refractivity contribution in [3.05, 3.63) is 0 Å². The molecule has 0 amide bonds. The third-order valence-corrected chi connectivity index (χ3v) is 3.89. The van der Waals surface area contributed by atoms with E-state index < -0.39 is 26.7 Å². The Balaban J connectivity index is 2.64. The van der Waals surface area contributed by atoms with E-state index in [0.717, 1.165) is 0 Å². The highest BCUT2D eigenvalue weighted by Gasteiger charge is 2.38. The van der Waals surface area contributed by atoms with Gasteiger partial charge in [-0.3, -0.25) is 0 Å². The van der Waals surface area contributed by atoms with Gasteiger partial charge in [0.05, 0.1) is 16.9 Å². The molecule has 7 heteroatoms. The van der Waals surface area contributed by atoms with Gasteiger partial charge < -0.3 is 4.74 Å². The van der Waals surface area contributed by atoms with Crippen LogP contribution in [0.15, 0.2) is 0 Å². The molecule has 2 unspecified atom stereocenters. The van der Waals surface area contributed by atoms with Crippen molar-refractivity contribution in [3.8, 4) is 0 Å². The molecule has 0 spiro atoms. The number of rotatable bonds is 1. The lowest BCUT2D eigenvalue weighted by Gasteiger charge is -2.09. The van der Waals surface area contributed by atoms with E-state index in [-0.39, 0.29) is 11.5 Å². The molecular formula is C5H6Cl2O4S. The molecule has 1 aliphatic heterocycles. The number of carbonyl (C=O) groups excluding carboxylic acids is 1. The molecule has 0 N–H and O–H groups in total. The number of sulfone groups is 1. The van der Waals surface area contributed by atoms with Gasteiger partial charge in [-0.05, 0) is 0 Å². The van der Waals surface area contributed by atoms with E-state index in [1.54, 1.807) is 0 Å². The second kappa shape index (κ2) is 3.40. The molecule has 0 radical (unpaired) electrons. The van der Waals surface area contributed by atoms with Crippen LogP contribution in [0.5, 0.6) is 0 Å². The lowest BCUT2D eigenvalue weighted by molar-refractivity contribution is 0.136. The summed E-state index contributed by atoms with van der Waals surface area (Å²) in [4.78, 5) is 10.2. The van der Waals surface area contributed by atoms with Crippen molar-refractivity contribution < 1.29 is 17.9 Å². The van der Waals surface area contributed by atoms with Crippen molar-refractivity contribution in [1.82, 2.24) is 0 Å². The van der Waals surface area contributed by atoms with Crippen LogP contribution >= 0.6 is 23.2 Å². The zero-order chi connectivity index (χ0) is 9.35. The second-order valence-corrected chi connectivity index (χ2v) is 5.51. The molecular weight excluding hydrogens is 227 g/mol. The van der Waals surface area contributed by atoms with Gasteiger partial charge in [0, 0.05) is 11.6 Å². The van der Waals surface area contributed by atoms with Crippen LogP contribution in [0.2, 0.25) is 0 Å². The average molecular weight is 233 g/mol. The molecule has 1 fully saturated rings. The van der Waals surface area contributed by atoms with Gasteiger partial charge in [0.15, 0.2) is 9.84 Å². The fourth-order valence-electron chi connectivity index (χ4n) is 1.000. The first-order chi connectivity index (χ1) is 5.41. The first-order valence-electron chi connectivity index (χ1n) is 3.11. The highest BCUT2D eigenvalue weighted by atomic mass is 35.5. The number of hydrogen-bond acceptors (Lipinski definition) is 4. The molecule has 0 saturated carbocycles. The van der Waals surface area contributed by atoms with Crippen molar-refractivity contribution in [2.75, 3.05) is 11.5 Å². The van der Waals surface area contributed by atoms with E-state index in [0.29, 0.717) is 0 Å². The standard InChI is InChI=1S/C5H6Cl2O4S/c6-3-1-12(9,10)2-4(3)11-5(7)8/h3-4H,1-2H2. The molecule has 2 atom stereocenters. The van der Waals surface area contributed by atoms with Gasteiger partial charge >= 0.3 is 5.43 Å². The van der Waals surface area contributed by atoms with Gasteiger partial charge in [0.2, 0.25) is 0 Å². The minimum absolute atomic E-state index is 0.163. The SMILES string of the molecule is O=C(Cl)OC1CS(=O)(=O)CC1Cl. The largest absolute Gasteiger partial charge is 0.448 e. The van der Waals surface area contributed by atoms with Gasteiger partial charge in [0.25, 0.3) is 0 Å². The van der Waals surface area contributed by atoms with Crippen molar-refractivity contribution in [2.24, 2.45) is 0 Å². The van der Waals surface area contributed by atoms with Crippen LogP contribution < -0.4 is 0 Å². The summed E-state index contributed by atoms with van der Waals surface area (Å²) in [6.45, 7) is 0. The minimum Gasteiger partial charge on any atom is -0.448 e. The molecule has 0 aromatic rings. The monoisotopic (exact) mass is 232 g/mol. The van der Waals surface area contributed by atoms with E-state index in [2.05, 4.69) is 4.74 Å². The number of halogens is 2. The molecule has 0 bridgehead atoms. The van der Waals surface area contributed by atoms with Crippen molar-refractivity contribution in [3.63, 3.8) is 0 Å². The smallest absolute Gasteiger partial charge is 0.404 e. The van der Waals surface area contributed by atoms with Crippen molar-refractivity contribution in [1.29, 1.82) is 0 Å². The molecule has 0 aromatic heterocycles. The molecule has 12 heavy (non-hydrogen) atoms. The van der Waals surface area contributed by atoms with Gasteiger partial charge in [-0.2, -0.15) is 0 Å². The summed E-state index contributed by atoms with van der Waals surface area (Å²) < 4.78 is 26.3. The Morgan fingerprint density at radius 2 is 2.00 bits per heavy atom. The van der Waals surface area contributed by atoms with Gasteiger partial charge in [-0.15, -0.1) is 11.6 Å². The summed E-state index contributed by atoms with van der Waals surface area (Å²) in [6, 6.07) is 0. The molecule has 4 nitrogen and oxygen atoms in total. The Morgan fingerprint density at radius 1 is 1.42 bits per heavy atom. The predicted molar refractivity (Wildman–Crippen MR) is 44.4 cm³/mol. The normalized spacial score (nSPS) is 33.2. The van der Waals surface area contributed by atoms with E-state index in [9.17, 15) is 13.2 Å². The Labute approximate surface area is 79.7 Å². The molecule has 0 aliphatic carbocycles. The van der Waals surface area contributed by atoms with Crippen molar-refractivity contribution >= 4 is 38.5 Å². The summed E-state index contributed by atoms with van der Waals surface area (Å²) >= 11 is 10.5. The quantitative estimate of drug-likeness (QED) is 0.495. The van der Waals surface area contributed by atoms with Gasteiger partial charge in [-0.25, -0.2) is 13.2 Å². The van der Waals surface area contributed by atoms with Crippen LogP contribution in [-0.2, 0) is 14.6 Å². The van der Waals surface area contributed by atoms with Crippen LogP contribution in [0, 0.1) is 0 Å². The predicted octanol–water partition coefficient (Wildman–Crippen LogP) is 0.766. The molecule has 0 aromatic carbocycles. The van der Waals surface area contributed by atoms with E-state index >= 15 is 0 Å². The number of carbonyl (C=O) groups is 1. The Bertz CT molecular complexity index is 286. The Hall–Kier alpha value is -0.000000000000000111. The maximum absolute atomic E-state index is 10.9. The molecule has 70 valence electrons. The summed E-state index contributed by atoms with van der Waals surface area (Å²) in [7, 11) is -3.16. The van der Waals surface area contributed by atoms with Crippen molar-refractivity contribution in [2.45, 2.75) is 11.5 Å². The third kappa shape index (κ3) is 2.50. The maximum Gasteiger partial charge on any atom is 0.404 e. The summed E-state index contributed by atoms with van der Waals surface area (Å²) in [5.74, 6) is -0.400. The molecule has 1 rings (SSSR count). The summed E-state index contributed by atoms with van der Waals surface area (Å²) in [5, 5.41) is -0.683. The fourth-order valence-corrected chi connectivity index (χ4v) is 3.57. The van der Waals surface area contributed by atoms with Crippen LogP contribution in [0.3, 0.4) is 0 Å². The topological polar surface area (TPSA) is 60.4 Å². The summed E-state index contributed by atoms with van der Waals surface area (Å²) in [5.41, 5.74) is -1.03. The van der Waals surface area contributed by atoms with Gasteiger partial charge in [0.1, 0.15) is 6.10 Å². The van der Waals surface area contributed by atoms with Crippen LogP contribution in [-0.4, -0.2) is 36.8 Å². The average Bonchev–Trinajstić information content (AvgIpc) is 2.03. The first-order valence-corrected chi connectivity index (χ1v) is 5.75. The first kappa shape index (κ1) is 10.1. The van der Waals surface area contributed by atoms with Crippen LogP contribution in [0.1, 0.15) is 0 Å². The second-order valence-electron chi connectivity index (χ2n) is 2.49. The number of alkyl halides is 1. The minimum atomic E-state index is -3.16. The van der Waals surface area contributed by atoms with Gasteiger partial charge in [-0.1, -0.05) is 0 Å². The molecule has 1 aliphatic rings. The van der Waals surface area contributed by atoms with Crippen LogP contribution in [0.4, 0.5) is 4.79 Å². The fraction of sp³-hybridized carbons (Fsp3) is 0.800. The summed E-state index contributed by atoms with van der Waals surface area (Å²) in [6.07, 6.45) is -0.804. The lowest BCUT2D eigenvalue weighted by atomic mass is 10.3. The highest BCUT2D eigenvalue weighted by Crippen LogP contribution is 2.21. The zero-order valence-corrected chi connectivity index (χ0v) is 8.19. The molecule has 1 saturated heterocycles. The molecule has 1 heterocycles. The number of ether oxygens (including phenoxy) is 1. The third-order valence-electron chi connectivity index (χ3n) is 1.48. The van der Waals surface area contributed by atoms with E-state index in [4.69, 9.17) is 23.2 Å². The van der Waals surface area contributed by atoms with E-state index in [1.807, 2.05) is 0 Å². The zero-order valence-electron chi connectivity index (χ0n) is 5.87.